The van der Waals surface area contributed by atoms with E-state index in [1.54, 1.807) is 12.1 Å². The van der Waals surface area contributed by atoms with Crippen LogP contribution in [-0.2, 0) is 5.75 Å². The van der Waals surface area contributed by atoms with Gasteiger partial charge in [-0.1, -0.05) is 35.9 Å². The molecular weight excluding hydrogens is 285 g/mol. The largest absolute Gasteiger partial charge is 0.491 e. The third kappa shape index (κ3) is 3.73. The second kappa shape index (κ2) is 6.43. The quantitative estimate of drug-likeness (QED) is 0.672. The molecule has 0 heterocycles. The van der Waals surface area contributed by atoms with E-state index in [9.17, 15) is 4.39 Å². The number of halogens is 2. The molecule has 2 nitrogen and oxygen atoms in total. The van der Waals surface area contributed by atoms with Crippen molar-refractivity contribution in [2.45, 2.75) is 10.6 Å². The lowest BCUT2D eigenvalue weighted by atomic mass is 9.79. The van der Waals surface area contributed by atoms with Crippen molar-refractivity contribution in [2.75, 3.05) is 0 Å². The highest BCUT2D eigenvalue weighted by Crippen LogP contribution is 2.29. The molecule has 6 heteroatoms. The smallest absolute Gasteiger partial charge is 0.423 e. The minimum atomic E-state index is -1.80. The van der Waals surface area contributed by atoms with Crippen molar-refractivity contribution in [3.05, 3.63) is 58.9 Å². The van der Waals surface area contributed by atoms with E-state index in [4.69, 9.17) is 21.6 Å². The highest BCUT2D eigenvalue weighted by molar-refractivity contribution is 7.98. The molecule has 2 N–H and O–H groups in total. The SMILES string of the molecule is OB(O)c1cc(CSc2ccccc2Cl)ccc1F. The first-order valence-electron chi connectivity index (χ1n) is 5.59. The summed E-state index contributed by atoms with van der Waals surface area (Å²) in [5, 5.41) is 18.8. The van der Waals surface area contributed by atoms with Crippen molar-refractivity contribution in [3.8, 4) is 0 Å². The first-order chi connectivity index (χ1) is 9.08. The summed E-state index contributed by atoms with van der Waals surface area (Å²) in [6.45, 7) is 0. The Morgan fingerprint density at radius 2 is 1.89 bits per heavy atom. The maximum Gasteiger partial charge on any atom is 0.491 e. The highest BCUT2D eigenvalue weighted by Gasteiger charge is 2.16. The van der Waals surface area contributed by atoms with E-state index in [0.29, 0.717) is 10.8 Å². The zero-order valence-electron chi connectivity index (χ0n) is 9.88. The number of thioether (sulfide) groups is 1. The minimum Gasteiger partial charge on any atom is -0.423 e. The van der Waals surface area contributed by atoms with Crippen molar-refractivity contribution in [3.63, 3.8) is 0 Å². The first-order valence-corrected chi connectivity index (χ1v) is 6.96. The maximum absolute atomic E-state index is 13.3. The van der Waals surface area contributed by atoms with Crippen LogP contribution in [0, 0.1) is 5.82 Å². The van der Waals surface area contributed by atoms with Crippen LogP contribution in [0.15, 0.2) is 47.4 Å². The summed E-state index contributed by atoms with van der Waals surface area (Å²) in [4.78, 5) is 0.930. The molecule has 0 aromatic heterocycles. The van der Waals surface area contributed by atoms with E-state index in [-0.39, 0.29) is 5.46 Å². The van der Waals surface area contributed by atoms with E-state index in [0.717, 1.165) is 10.5 Å². The van der Waals surface area contributed by atoms with Gasteiger partial charge in [0.1, 0.15) is 5.82 Å². The average Bonchev–Trinajstić information content (AvgIpc) is 2.39. The summed E-state index contributed by atoms with van der Waals surface area (Å²) >= 11 is 7.55. The van der Waals surface area contributed by atoms with Gasteiger partial charge in [-0.25, -0.2) is 4.39 Å². The van der Waals surface area contributed by atoms with Gasteiger partial charge in [0, 0.05) is 16.1 Å². The lowest BCUT2D eigenvalue weighted by molar-refractivity contribution is 0.423. The summed E-state index contributed by atoms with van der Waals surface area (Å²) in [7, 11) is -1.80. The summed E-state index contributed by atoms with van der Waals surface area (Å²) in [5.41, 5.74) is 0.687. The van der Waals surface area contributed by atoms with Crippen LogP contribution in [0.1, 0.15) is 5.56 Å². The minimum absolute atomic E-state index is 0.114. The molecule has 0 aliphatic heterocycles. The standard InChI is InChI=1S/C13H11BClFO2S/c15-11-3-1-2-4-13(11)19-8-9-5-6-12(16)10(7-9)14(17)18/h1-7,17-18H,8H2. The van der Waals surface area contributed by atoms with Gasteiger partial charge >= 0.3 is 7.12 Å². The number of rotatable bonds is 4. The first kappa shape index (κ1) is 14.4. The zero-order valence-corrected chi connectivity index (χ0v) is 11.5. The molecule has 2 aromatic rings. The molecule has 0 radical (unpaired) electrons. The topological polar surface area (TPSA) is 40.5 Å². The molecule has 0 amide bonds. The lowest BCUT2D eigenvalue weighted by Crippen LogP contribution is -2.32. The Kier molecular flexibility index (Phi) is 4.88. The van der Waals surface area contributed by atoms with Gasteiger partial charge in [-0.3, -0.25) is 0 Å². The van der Waals surface area contributed by atoms with Crippen LogP contribution in [0.2, 0.25) is 5.02 Å². The van der Waals surface area contributed by atoms with Crippen molar-refractivity contribution < 1.29 is 14.4 Å². The fraction of sp³-hybridized carbons (Fsp3) is 0.0769. The van der Waals surface area contributed by atoms with E-state index in [1.165, 1.54) is 23.9 Å². The van der Waals surface area contributed by atoms with E-state index in [1.807, 2.05) is 18.2 Å². The van der Waals surface area contributed by atoms with Crippen molar-refractivity contribution in [1.82, 2.24) is 0 Å². The summed E-state index contributed by atoms with van der Waals surface area (Å²) in [6, 6.07) is 11.7. The third-order valence-corrected chi connectivity index (χ3v) is 4.16. The van der Waals surface area contributed by atoms with Crippen molar-refractivity contribution in [1.29, 1.82) is 0 Å². The van der Waals surface area contributed by atoms with Crippen molar-refractivity contribution >= 4 is 35.9 Å². The summed E-state index contributed by atoms with van der Waals surface area (Å²) in [5.74, 6) is -0.0505. The van der Waals surface area contributed by atoms with Crippen LogP contribution in [0.25, 0.3) is 0 Å². The van der Waals surface area contributed by atoms with Crippen LogP contribution < -0.4 is 5.46 Å². The van der Waals surface area contributed by atoms with Gasteiger partial charge < -0.3 is 10.0 Å². The molecule has 0 spiro atoms. The molecule has 2 aromatic carbocycles. The molecule has 98 valence electrons. The lowest BCUT2D eigenvalue weighted by Gasteiger charge is -2.07. The van der Waals surface area contributed by atoms with Gasteiger partial charge in [-0.2, -0.15) is 0 Å². The molecule has 0 fully saturated rings. The van der Waals surface area contributed by atoms with E-state index < -0.39 is 12.9 Å². The Morgan fingerprint density at radius 1 is 1.16 bits per heavy atom. The molecule has 0 unspecified atom stereocenters. The van der Waals surface area contributed by atoms with Crippen LogP contribution in [0.5, 0.6) is 0 Å². The van der Waals surface area contributed by atoms with Crippen molar-refractivity contribution in [2.24, 2.45) is 0 Å². The van der Waals surface area contributed by atoms with Crippen LogP contribution in [-0.4, -0.2) is 17.2 Å². The number of benzene rings is 2. The fourth-order valence-electron chi connectivity index (χ4n) is 1.60. The van der Waals surface area contributed by atoms with Crippen LogP contribution >= 0.6 is 23.4 Å². The predicted molar refractivity (Wildman–Crippen MR) is 77.2 cm³/mol. The highest BCUT2D eigenvalue weighted by atomic mass is 35.5. The number of hydrogen-bond acceptors (Lipinski definition) is 3. The Hall–Kier alpha value is -1.01. The molecule has 2 rings (SSSR count). The Bertz CT molecular complexity index is 580. The van der Waals surface area contributed by atoms with Gasteiger partial charge in [0.15, 0.2) is 0 Å². The Labute approximate surface area is 120 Å². The molecule has 0 saturated heterocycles. The van der Waals surface area contributed by atoms with Crippen LogP contribution in [0.3, 0.4) is 0 Å². The van der Waals surface area contributed by atoms with Gasteiger partial charge in [0.2, 0.25) is 0 Å². The molecule has 0 atom stereocenters. The molecule has 0 bridgehead atoms. The van der Waals surface area contributed by atoms with Crippen LogP contribution in [0.4, 0.5) is 4.39 Å². The maximum atomic E-state index is 13.3. The summed E-state index contributed by atoms with van der Waals surface area (Å²) in [6.07, 6.45) is 0. The summed E-state index contributed by atoms with van der Waals surface area (Å²) < 4.78 is 13.3. The molecule has 19 heavy (non-hydrogen) atoms. The van der Waals surface area contributed by atoms with E-state index >= 15 is 0 Å². The van der Waals surface area contributed by atoms with Gasteiger partial charge in [0.25, 0.3) is 0 Å². The molecule has 0 aliphatic rings. The normalized spacial score (nSPS) is 10.5. The monoisotopic (exact) mass is 296 g/mol. The predicted octanol–water partition coefficient (Wildman–Crippen LogP) is 2.45. The molecule has 0 aliphatic carbocycles. The Balaban J connectivity index is 2.12. The molecule has 0 saturated carbocycles. The third-order valence-electron chi connectivity index (χ3n) is 2.57. The second-order valence-corrected chi connectivity index (χ2v) is 5.37. The van der Waals surface area contributed by atoms with Gasteiger partial charge in [-0.15, -0.1) is 11.8 Å². The Morgan fingerprint density at radius 3 is 2.58 bits per heavy atom. The van der Waals surface area contributed by atoms with Gasteiger partial charge in [-0.05, 0) is 23.8 Å². The fourth-order valence-corrected chi connectivity index (χ4v) is 2.79. The zero-order chi connectivity index (χ0) is 13.8. The number of hydrogen-bond donors (Lipinski definition) is 2. The molecular formula is C13H11BClFO2S. The second-order valence-electron chi connectivity index (χ2n) is 3.95. The van der Waals surface area contributed by atoms with Gasteiger partial charge in [0.05, 0.1) is 5.02 Å². The van der Waals surface area contributed by atoms with E-state index in [2.05, 4.69) is 0 Å². The average molecular weight is 297 g/mol.